The Morgan fingerprint density at radius 3 is 2.20 bits per heavy atom. The Morgan fingerprint density at radius 2 is 1.87 bits per heavy atom. The number of aliphatic imine (C=N–C) groups is 1. The molecule has 1 aliphatic carbocycles. The molecule has 1 fully saturated rings. The van der Waals surface area contributed by atoms with Gasteiger partial charge in [0.1, 0.15) is 0 Å². The second-order valence-electron chi connectivity index (χ2n) is 4.13. The van der Waals surface area contributed by atoms with Crippen LogP contribution in [0.15, 0.2) is 29.9 Å². The van der Waals surface area contributed by atoms with Crippen molar-refractivity contribution in [2.24, 2.45) is 10.4 Å². The molecular weight excluding hydrogens is 182 g/mol. The van der Waals surface area contributed by atoms with Crippen molar-refractivity contribution in [1.29, 1.82) is 0 Å². The molecule has 1 rings (SSSR count). The van der Waals surface area contributed by atoms with Crippen LogP contribution in [-0.4, -0.2) is 5.71 Å². The van der Waals surface area contributed by atoms with E-state index in [1.165, 1.54) is 31.4 Å². The molecule has 15 heavy (non-hydrogen) atoms. The van der Waals surface area contributed by atoms with Gasteiger partial charge in [-0.05, 0) is 32.3 Å². The topological polar surface area (TPSA) is 12.4 Å². The van der Waals surface area contributed by atoms with Crippen molar-refractivity contribution >= 4 is 5.71 Å². The molecule has 0 atom stereocenters. The Hall–Kier alpha value is -0.850. The highest BCUT2D eigenvalue weighted by atomic mass is 14.7. The minimum Gasteiger partial charge on any atom is -0.265 e. The predicted molar refractivity (Wildman–Crippen MR) is 70.4 cm³/mol. The molecule has 0 bridgehead atoms. The van der Waals surface area contributed by atoms with Gasteiger partial charge in [0.25, 0.3) is 0 Å². The molecule has 1 heteroatoms. The zero-order valence-electron chi connectivity index (χ0n) is 10.7. The molecular formula is C14H25N. The SMILES string of the molecule is C=C/C=C\N=C(C)C1(CC)CC1.CCC. The Bertz CT molecular complexity index is 232. The van der Waals surface area contributed by atoms with Gasteiger partial charge in [-0.15, -0.1) is 0 Å². The van der Waals surface area contributed by atoms with Gasteiger partial charge in [-0.25, -0.2) is 0 Å². The van der Waals surface area contributed by atoms with Gasteiger partial charge >= 0.3 is 0 Å². The molecule has 0 unspecified atom stereocenters. The summed E-state index contributed by atoms with van der Waals surface area (Å²) < 4.78 is 0. The van der Waals surface area contributed by atoms with Crippen molar-refractivity contribution in [2.45, 2.75) is 53.4 Å². The molecule has 0 spiro atoms. The van der Waals surface area contributed by atoms with Crippen molar-refractivity contribution < 1.29 is 0 Å². The van der Waals surface area contributed by atoms with Crippen LogP contribution in [0.3, 0.4) is 0 Å². The van der Waals surface area contributed by atoms with Crippen LogP contribution in [0.1, 0.15) is 53.4 Å². The van der Waals surface area contributed by atoms with E-state index < -0.39 is 0 Å². The van der Waals surface area contributed by atoms with Crippen LogP contribution in [-0.2, 0) is 0 Å². The van der Waals surface area contributed by atoms with Gasteiger partial charge in [0.05, 0.1) is 0 Å². The highest BCUT2D eigenvalue weighted by molar-refractivity contribution is 5.90. The van der Waals surface area contributed by atoms with E-state index in [9.17, 15) is 0 Å². The highest BCUT2D eigenvalue weighted by Crippen LogP contribution is 2.49. The third-order valence-electron chi connectivity index (χ3n) is 2.79. The largest absolute Gasteiger partial charge is 0.265 e. The molecule has 0 aromatic rings. The molecule has 0 aromatic heterocycles. The predicted octanol–water partition coefficient (Wildman–Crippen LogP) is 4.75. The Kier molecular flexibility index (Phi) is 7.02. The Morgan fingerprint density at radius 1 is 1.33 bits per heavy atom. The van der Waals surface area contributed by atoms with Crippen molar-refractivity contribution in [3.63, 3.8) is 0 Å². The second kappa shape index (κ2) is 7.44. The van der Waals surface area contributed by atoms with Crippen LogP contribution in [0, 0.1) is 5.41 Å². The maximum atomic E-state index is 4.38. The Balaban J connectivity index is 0.000000583. The Labute approximate surface area is 95.0 Å². The summed E-state index contributed by atoms with van der Waals surface area (Å²) in [5.41, 5.74) is 1.74. The van der Waals surface area contributed by atoms with Crippen molar-refractivity contribution in [3.8, 4) is 0 Å². The van der Waals surface area contributed by atoms with Gasteiger partial charge in [-0.3, -0.25) is 4.99 Å². The van der Waals surface area contributed by atoms with Crippen molar-refractivity contribution in [1.82, 2.24) is 0 Å². The van der Waals surface area contributed by atoms with E-state index in [0.29, 0.717) is 5.41 Å². The summed E-state index contributed by atoms with van der Waals surface area (Å²) in [5, 5.41) is 0. The van der Waals surface area contributed by atoms with Gasteiger partial charge in [0.2, 0.25) is 0 Å². The van der Waals surface area contributed by atoms with Crippen LogP contribution in [0.4, 0.5) is 0 Å². The average Bonchev–Trinajstić information content (AvgIpc) is 3.00. The zero-order chi connectivity index (χ0) is 11.7. The van der Waals surface area contributed by atoms with E-state index in [2.05, 4.69) is 39.3 Å². The number of hydrogen-bond donors (Lipinski definition) is 0. The van der Waals surface area contributed by atoms with E-state index in [1.54, 1.807) is 6.08 Å². The van der Waals surface area contributed by atoms with Gasteiger partial charge in [-0.2, -0.15) is 0 Å². The maximum absolute atomic E-state index is 4.38. The molecule has 0 amide bonds. The molecule has 0 radical (unpaired) electrons. The van der Waals surface area contributed by atoms with E-state index >= 15 is 0 Å². The van der Waals surface area contributed by atoms with Gasteiger partial charge in [0, 0.05) is 17.3 Å². The summed E-state index contributed by atoms with van der Waals surface area (Å²) in [5.74, 6) is 0. The molecule has 0 heterocycles. The maximum Gasteiger partial charge on any atom is 0.0267 e. The first-order valence-corrected chi connectivity index (χ1v) is 5.99. The summed E-state index contributed by atoms with van der Waals surface area (Å²) in [7, 11) is 0. The highest BCUT2D eigenvalue weighted by Gasteiger charge is 2.43. The minimum atomic E-state index is 0.464. The monoisotopic (exact) mass is 207 g/mol. The molecule has 0 saturated heterocycles. The van der Waals surface area contributed by atoms with Crippen molar-refractivity contribution in [3.05, 3.63) is 24.9 Å². The fourth-order valence-electron chi connectivity index (χ4n) is 1.47. The lowest BCUT2D eigenvalue weighted by Crippen LogP contribution is -2.09. The van der Waals surface area contributed by atoms with Crippen LogP contribution in [0.25, 0.3) is 0 Å². The van der Waals surface area contributed by atoms with Gasteiger partial charge < -0.3 is 0 Å². The third-order valence-corrected chi connectivity index (χ3v) is 2.79. The van der Waals surface area contributed by atoms with Gasteiger partial charge in [-0.1, -0.05) is 39.8 Å². The lowest BCUT2D eigenvalue weighted by Gasteiger charge is -2.09. The first-order valence-electron chi connectivity index (χ1n) is 5.99. The summed E-state index contributed by atoms with van der Waals surface area (Å²) in [6, 6.07) is 0. The van der Waals surface area contributed by atoms with Crippen LogP contribution >= 0.6 is 0 Å². The lowest BCUT2D eigenvalue weighted by molar-refractivity contribution is 0.666. The average molecular weight is 207 g/mol. The smallest absolute Gasteiger partial charge is 0.0267 e. The summed E-state index contributed by atoms with van der Waals surface area (Å²) >= 11 is 0. The normalized spacial score (nSPS) is 18.3. The first-order chi connectivity index (χ1) is 7.16. The van der Waals surface area contributed by atoms with Crippen LogP contribution < -0.4 is 0 Å². The van der Waals surface area contributed by atoms with E-state index in [0.717, 1.165) is 0 Å². The molecule has 0 N–H and O–H groups in total. The standard InChI is InChI=1S/C11H17N.C3H8/c1-4-6-9-12-10(3)11(5-2)7-8-11;1-3-2/h4,6,9H,1,5,7-8H2,2-3H3;3H2,1-2H3/b9-6-,12-10?;. The van der Waals surface area contributed by atoms with E-state index in [1.807, 2.05) is 12.3 Å². The summed E-state index contributed by atoms with van der Waals surface area (Å²) in [6.07, 6.45) is 10.6. The van der Waals surface area contributed by atoms with Crippen LogP contribution in [0.2, 0.25) is 0 Å². The fraction of sp³-hybridized carbons (Fsp3) is 0.643. The molecule has 86 valence electrons. The third kappa shape index (κ3) is 4.96. The molecule has 1 nitrogen and oxygen atoms in total. The zero-order valence-corrected chi connectivity index (χ0v) is 10.7. The second-order valence-corrected chi connectivity index (χ2v) is 4.13. The summed E-state index contributed by atoms with van der Waals surface area (Å²) in [4.78, 5) is 4.38. The number of allylic oxidation sites excluding steroid dienone is 2. The van der Waals surface area contributed by atoms with E-state index in [4.69, 9.17) is 0 Å². The fourth-order valence-corrected chi connectivity index (χ4v) is 1.47. The number of hydrogen-bond acceptors (Lipinski definition) is 1. The summed E-state index contributed by atoms with van der Waals surface area (Å²) in [6.45, 7) is 12.2. The molecule has 1 aliphatic rings. The van der Waals surface area contributed by atoms with Crippen LogP contribution in [0.5, 0.6) is 0 Å². The van der Waals surface area contributed by atoms with E-state index in [-0.39, 0.29) is 0 Å². The van der Waals surface area contributed by atoms with Gasteiger partial charge in [0.15, 0.2) is 0 Å². The number of rotatable bonds is 4. The quantitative estimate of drug-likeness (QED) is 0.466. The minimum absolute atomic E-state index is 0.464. The number of nitrogens with zero attached hydrogens (tertiary/aromatic N) is 1. The lowest BCUT2D eigenvalue weighted by atomic mass is 9.98. The molecule has 1 saturated carbocycles. The van der Waals surface area contributed by atoms with Crippen molar-refractivity contribution in [2.75, 3.05) is 0 Å². The molecule has 0 aliphatic heterocycles. The molecule has 0 aromatic carbocycles. The first kappa shape index (κ1) is 14.2.